The number of rotatable bonds is 2. The lowest BCUT2D eigenvalue weighted by molar-refractivity contribution is 0.579. The molecule has 2 rings (SSSR count). The molecule has 1 heterocycles. The van der Waals surface area contributed by atoms with Crippen molar-refractivity contribution in [2.45, 2.75) is 13.8 Å². The predicted molar refractivity (Wildman–Crippen MR) is 74.2 cm³/mol. The first kappa shape index (κ1) is 14.6. The zero-order chi connectivity index (χ0) is 15.6. The van der Waals surface area contributed by atoms with Gasteiger partial charge in [-0.05, 0) is 37.6 Å². The Labute approximate surface area is 119 Å². The Morgan fingerprint density at radius 1 is 1.29 bits per heavy atom. The molecular weight excluding hydrogens is 276 g/mol. The number of pyridine rings is 1. The van der Waals surface area contributed by atoms with E-state index in [1.807, 2.05) is 0 Å². The molecule has 0 aliphatic carbocycles. The number of aromatic nitrogens is 1. The summed E-state index contributed by atoms with van der Waals surface area (Å²) in [7, 11) is 0. The Hall–Kier alpha value is -2.81. The maximum Gasteiger partial charge on any atom is 0.289 e. The summed E-state index contributed by atoms with van der Waals surface area (Å²) in [4.78, 5) is 12.1. The van der Waals surface area contributed by atoms with Crippen molar-refractivity contribution in [2.24, 2.45) is 5.10 Å². The molecule has 0 spiro atoms. The van der Waals surface area contributed by atoms with Crippen molar-refractivity contribution in [3.8, 4) is 6.07 Å². The minimum Gasteiger partial charge on any atom is -0.266 e. The van der Waals surface area contributed by atoms with Crippen LogP contribution in [0.25, 0.3) is 0 Å². The van der Waals surface area contributed by atoms with Crippen LogP contribution in [0, 0.1) is 36.8 Å². The van der Waals surface area contributed by atoms with E-state index in [9.17, 15) is 13.6 Å². The van der Waals surface area contributed by atoms with Crippen molar-refractivity contribution in [1.82, 2.24) is 4.68 Å². The highest BCUT2D eigenvalue weighted by molar-refractivity contribution is 5.80. The number of nitrogens with zero attached hydrogens (tertiary/aromatic N) is 3. The first-order chi connectivity index (χ1) is 9.95. The van der Waals surface area contributed by atoms with E-state index in [0.717, 1.165) is 23.0 Å². The maximum absolute atomic E-state index is 13.5. The van der Waals surface area contributed by atoms with Crippen molar-refractivity contribution in [1.29, 1.82) is 5.26 Å². The number of hydrogen-bond acceptors (Lipinski definition) is 3. The van der Waals surface area contributed by atoms with Crippen LogP contribution in [0.15, 0.2) is 34.2 Å². The molecule has 0 aliphatic heterocycles. The van der Waals surface area contributed by atoms with Gasteiger partial charge < -0.3 is 0 Å². The van der Waals surface area contributed by atoms with Crippen molar-refractivity contribution in [3.05, 3.63) is 68.6 Å². The van der Waals surface area contributed by atoms with E-state index in [2.05, 4.69) is 5.10 Å². The minimum atomic E-state index is -0.780. The molecule has 4 nitrogen and oxygen atoms in total. The summed E-state index contributed by atoms with van der Waals surface area (Å²) in [5.41, 5.74) is -0.0225. The number of aryl methyl sites for hydroxylation is 2. The summed E-state index contributed by atoms with van der Waals surface area (Å²) in [6.07, 6.45) is 0.926. The van der Waals surface area contributed by atoms with Gasteiger partial charge in [0, 0.05) is 5.69 Å². The van der Waals surface area contributed by atoms with Crippen molar-refractivity contribution in [3.63, 3.8) is 0 Å². The summed E-state index contributed by atoms with van der Waals surface area (Å²) in [5, 5.41) is 12.7. The smallest absolute Gasteiger partial charge is 0.266 e. The predicted octanol–water partition coefficient (Wildman–Crippen LogP) is 2.50. The van der Waals surface area contributed by atoms with E-state index in [-0.39, 0.29) is 11.1 Å². The second-order valence-corrected chi connectivity index (χ2v) is 4.45. The SMILES string of the molecule is Cc1cc(C)n(N=Cc2c(F)cccc2F)c(=O)c1C#N. The van der Waals surface area contributed by atoms with E-state index in [0.29, 0.717) is 11.3 Å². The number of benzene rings is 1. The van der Waals surface area contributed by atoms with Gasteiger partial charge >= 0.3 is 0 Å². The average Bonchev–Trinajstić information content (AvgIpc) is 2.41. The lowest BCUT2D eigenvalue weighted by Crippen LogP contribution is -2.22. The highest BCUT2D eigenvalue weighted by atomic mass is 19.1. The van der Waals surface area contributed by atoms with E-state index in [1.54, 1.807) is 26.0 Å². The summed E-state index contributed by atoms with van der Waals surface area (Å²) in [5.74, 6) is -1.56. The summed E-state index contributed by atoms with van der Waals surface area (Å²) in [6.45, 7) is 3.25. The van der Waals surface area contributed by atoms with Gasteiger partial charge in [0.15, 0.2) is 0 Å². The molecule has 0 saturated carbocycles. The zero-order valence-corrected chi connectivity index (χ0v) is 11.4. The Bertz CT molecular complexity index is 812. The van der Waals surface area contributed by atoms with Crippen LogP contribution in [0.3, 0.4) is 0 Å². The quantitative estimate of drug-likeness (QED) is 0.797. The van der Waals surface area contributed by atoms with Crippen LogP contribution >= 0.6 is 0 Å². The maximum atomic E-state index is 13.5. The molecule has 106 valence electrons. The third-order valence-corrected chi connectivity index (χ3v) is 2.97. The van der Waals surface area contributed by atoms with Gasteiger partial charge in [-0.2, -0.15) is 10.4 Å². The number of halogens is 2. The molecule has 0 N–H and O–H groups in total. The van der Waals surface area contributed by atoms with Gasteiger partial charge in [-0.1, -0.05) is 6.07 Å². The lowest BCUT2D eigenvalue weighted by atomic mass is 10.1. The first-order valence-electron chi connectivity index (χ1n) is 6.07. The van der Waals surface area contributed by atoms with Crippen LogP contribution in [0.5, 0.6) is 0 Å². The van der Waals surface area contributed by atoms with Gasteiger partial charge in [-0.3, -0.25) is 4.79 Å². The van der Waals surface area contributed by atoms with Gasteiger partial charge in [-0.25, -0.2) is 13.5 Å². The van der Waals surface area contributed by atoms with E-state index in [1.165, 1.54) is 6.07 Å². The molecule has 0 radical (unpaired) electrons. The molecule has 6 heteroatoms. The van der Waals surface area contributed by atoms with E-state index < -0.39 is 17.2 Å². The summed E-state index contributed by atoms with van der Waals surface area (Å²) in [6, 6.07) is 6.82. The van der Waals surface area contributed by atoms with Gasteiger partial charge in [0.05, 0.1) is 11.8 Å². The fraction of sp³-hybridized carbons (Fsp3) is 0.133. The molecular formula is C15H11F2N3O. The second-order valence-electron chi connectivity index (χ2n) is 4.45. The molecule has 1 aromatic heterocycles. The van der Waals surface area contributed by atoms with Gasteiger partial charge in [0.1, 0.15) is 23.3 Å². The van der Waals surface area contributed by atoms with Crippen LogP contribution in [0.4, 0.5) is 8.78 Å². The third-order valence-electron chi connectivity index (χ3n) is 2.97. The average molecular weight is 287 g/mol. The van der Waals surface area contributed by atoms with E-state index >= 15 is 0 Å². The Morgan fingerprint density at radius 3 is 2.48 bits per heavy atom. The summed E-state index contributed by atoms with van der Waals surface area (Å²) < 4.78 is 27.9. The molecule has 0 bridgehead atoms. The van der Waals surface area contributed by atoms with Gasteiger partial charge in [0.2, 0.25) is 0 Å². The highest BCUT2D eigenvalue weighted by Crippen LogP contribution is 2.10. The molecule has 0 amide bonds. The molecule has 0 saturated heterocycles. The Kier molecular flexibility index (Phi) is 3.94. The molecule has 0 atom stereocenters. The summed E-state index contributed by atoms with van der Waals surface area (Å²) >= 11 is 0. The topological polar surface area (TPSA) is 58.1 Å². The number of nitriles is 1. The molecule has 0 unspecified atom stereocenters. The van der Waals surface area contributed by atoms with E-state index in [4.69, 9.17) is 5.26 Å². The van der Waals surface area contributed by atoms with Crippen molar-refractivity contribution in [2.75, 3.05) is 0 Å². The molecule has 1 aromatic carbocycles. The standard InChI is InChI=1S/C15H11F2N3O/c1-9-6-10(2)20(15(21)11(9)7-18)19-8-12-13(16)4-3-5-14(12)17/h3-6,8H,1-2H3. The van der Waals surface area contributed by atoms with Crippen LogP contribution in [-0.4, -0.2) is 10.9 Å². The normalized spacial score (nSPS) is 10.8. The van der Waals surface area contributed by atoms with Crippen LogP contribution < -0.4 is 5.56 Å². The Balaban J connectivity index is 2.58. The Morgan fingerprint density at radius 2 is 1.90 bits per heavy atom. The number of hydrogen-bond donors (Lipinski definition) is 0. The molecule has 0 aliphatic rings. The fourth-order valence-electron chi connectivity index (χ4n) is 1.91. The molecule has 21 heavy (non-hydrogen) atoms. The highest BCUT2D eigenvalue weighted by Gasteiger charge is 2.10. The van der Waals surface area contributed by atoms with Crippen molar-refractivity contribution >= 4 is 6.21 Å². The second kappa shape index (κ2) is 5.67. The van der Waals surface area contributed by atoms with Crippen LogP contribution in [-0.2, 0) is 0 Å². The van der Waals surface area contributed by atoms with Gasteiger partial charge in [0.25, 0.3) is 5.56 Å². The third kappa shape index (κ3) is 2.72. The largest absolute Gasteiger partial charge is 0.289 e. The zero-order valence-electron chi connectivity index (χ0n) is 11.4. The monoisotopic (exact) mass is 287 g/mol. The molecule has 2 aromatic rings. The molecule has 0 fully saturated rings. The minimum absolute atomic E-state index is 0.0493. The van der Waals surface area contributed by atoms with Crippen molar-refractivity contribution < 1.29 is 8.78 Å². The lowest BCUT2D eigenvalue weighted by Gasteiger charge is -2.06. The fourth-order valence-corrected chi connectivity index (χ4v) is 1.91. The van der Waals surface area contributed by atoms with Crippen LogP contribution in [0.2, 0.25) is 0 Å². The van der Waals surface area contributed by atoms with Crippen LogP contribution in [0.1, 0.15) is 22.4 Å². The first-order valence-corrected chi connectivity index (χ1v) is 6.07. The van der Waals surface area contributed by atoms with Gasteiger partial charge in [-0.15, -0.1) is 0 Å².